The minimum atomic E-state index is -3.80. The SMILES string of the molecule is CCOP(=O)(N[C@@H]1C(O)C(O)[C@H](O)C2COC(=O)N21)OCC. The Kier molecular flexibility index (Phi) is 5.44. The molecule has 2 fully saturated rings. The maximum absolute atomic E-state index is 12.5. The lowest BCUT2D eigenvalue weighted by atomic mass is 9.93. The molecule has 22 heavy (non-hydrogen) atoms. The third-order valence-corrected chi connectivity index (χ3v) is 5.33. The summed E-state index contributed by atoms with van der Waals surface area (Å²) in [5.74, 6) is 0. The summed E-state index contributed by atoms with van der Waals surface area (Å²) in [4.78, 5) is 12.8. The van der Waals surface area contributed by atoms with Gasteiger partial charge in [-0.2, -0.15) is 5.09 Å². The quantitative estimate of drug-likeness (QED) is 0.448. The number of piperidine rings is 1. The molecule has 0 aliphatic carbocycles. The maximum Gasteiger partial charge on any atom is 0.411 e. The van der Waals surface area contributed by atoms with E-state index in [1.807, 2.05) is 0 Å². The van der Waals surface area contributed by atoms with Gasteiger partial charge < -0.3 is 20.1 Å². The highest BCUT2D eigenvalue weighted by atomic mass is 31.2. The molecule has 3 unspecified atom stereocenters. The van der Waals surface area contributed by atoms with E-state index < -0.39 is 44.4 Å². The number of amides is 1. The molecule has 10 nitrogen and oxygen atoms in total. The van der Waals surface area contributed by atoms with E-state index in [4.69, 9.17) is 13.8 Å². The van der Waals surface area contributed by atoms with Gasteiger partial charge in [-0.1, -0.05) is 0 Å². The zero-order valence-electron chi connectivity index (χ0n) is 12.3. The van der Waals surface area contributed by atoms with Gasteiger partial charge >= 0.3 is 13.8 Å². The van der Waals surface area contributed by atoms with Crippen molar-refractivity contribution in [1.29, 1.82) is 0 Å². The van der Waals surface area contributed by atoms with Crippen molar-refractivity contribution in [3.63, 3.8) is 0 Å². The standard InChI is InChI=1S/C11H21N2O8P/c1-3-20-22(18,21-4-2)12-10-9(16)8(15)7(14)6-5-19-11(17)13(6)10/h6-10,14-16H,3-5H2,1-2H3,(H,12,18)/t6?,7-,8?,9?,10+/m1/s1. The lowest BCUT2D eigenvalue weighted by Gasteiger charge is -2.44. The van der Waals surface area contributed by atoms with Crippen molar-refractivity contribution in [2.24, 2.45) is 0 Å². The summed E-state index contributed by atoms with van der Waals surface area (Å²) in [6.07, 6.45) is -6.58. The fourth-order valence-electron chi connectivity index (χ4n) is 2.56. The average Bonchev–Trinajstić information content (AvgIpc) is 2.84. The van der Waals surface area contributed by atoms with Crippen LogP contribution in [0.5, 0.6) is 0 Å². The van der Waals surface area contributed by atoms with Crippen LogP contribution in [0.25, 0.3) is 0 Å². The second kappa shape index (κ2) is 6.79. The van der Waals surface area contributed by atoms with Crippen LogP contribution in [0.1, 0.15) is 13.8 Å². The van der Waals surface area contributed by atoms with Gasteiger partial charge in [0, 0.05) is 0 Å². The molecule has 0 aromatic carbocycles. The molecule has 0 bridgehead atoms. The van der Waals surface area contributed by atoms with Crippen LogP contribution in [0.2, 0.25) is 0 Å². The Morgan fingerprint density at radius 1 is 1.23 bits per heavy atom. The number of ether oxygens (including phenoxy) is 1. The van der Waals surface area contributed by atoms with Crippen LogP contribution in [0, 0.1) is 0 Å². The number of aliphatic hydroxyl groups is 3. The summed E-state index contributed by atoms with van der Waals surface area (Å²) in [6, 6.07) is -0.861. The normalized spacial score (nSPS) is 35.4. The molecule has 1 amide bonds. The van der Waals surface area contributed by atoms with Crippen LogP contribution in [0.4, 0.5) is 4.79 Å². The highest BCUT2D eigenvalue weighted by Crippen LogP contribution is 2.45. The molecule has 4 N–H and O–H groups in total. The summed E-state index contributed by atoms with van der Waals surface area (Å²) in [7, 11) is -3.80. The van der Waals surface area contributed by atoms with Gasteiger partial charge in [-0.05, 0) is 13.8 Å². The predicted octanol–water partition coefficient (Wildman–Crippen LogP) is -1.000. The number of hydrogen-bond acceptors (Lipinski definition) is 8. The van der Waals surface area contributed by atoms with Crippen molar-refractivity contribution in [2.75, 3.05) is 19.8 Å². The first kappa shape index (κ1) is 17.6. The van der Waals surface area contributed by atoms with Crippen LogP contribution in [-0.2, 0) is 18.3 Å². The van der Waals surface area contributed by atoms with E-state index in [0.29, 0.717) is 0 Å². The molecule has 128 valence electrons. The summed E-state index contributed by atoms with van der Waals surface area (Å²) in [5, 5.41) is 32.4. The van der Waals surface area contributed by atoms with E-state index in [-0.39, 0.29) is 19.8 Å². The van der Waals surface area contributed by atoms with Gasteiger partial charge in [0.05, 0.1) is 19.3 Å². The number of aliphatic hydroxyl groups excluding tert-OH is 3. The first-order chi connectivity index (χ1) is 10.3. The topological polar surface area (TPSA) is 138 Å². The van der Waals surface area contributed by atoms with E-state index >= 15 is 0 Å². The Morgan fingerprint density at radius 3 is 2.36 bits per heavy atom. The van der Waals surface area contributed by atoms with Gasteiger partial charge in [0.25, 0.3) is 0 Å². The van der Waals surface area contributed by atoms with Gasteiger partial charge in [0.1, 0.15) is 31.1 Å². The van der Waals surface area contributed by atoms with Crippen molar-refractivity contribution in [3.8, 4) is 0 Å². The highest BCUT2D eigenvalue weighted by Gasteiger charge is 2.55. The van der Waals surface area contributed by atoms with Gasteiger partial charge in [-0.15, -0.1) is 0 Å². The second-order valence-corrected chi connectivity index (χ2v) is 6.70. The smallest absolute Gasteiger partial charge is 0.411 e. The molecular formula is C11H21N2O8P. The number of carbonyl (C=O) groups is 1. The Morgan fingerprint density at radius 2 is 1.82 bits per heavy atom. The fourth-order valence-corrected chi connectivity index (χ4v) is 4.07. The number of hydrogen-bond donors (Lipinski definition) is 4. The molecule has 0 aromatic heterocycles. The third kappa shape index (κ3) is 3.13. The number of nitrogens with zero attached hydrogens (tertiary/aromatic N) is 1. The lowest BCUT2D eigenvalue weighted by Crippen LogP contribution is -2.69. The Labute approximate surface area is 127 Å². The molecule has 0 aromatic rings. The summed E-state index contributed by atoms with van der Waals surface area (Å²) in [6.45, 7) is 3.22. The average molecular weight is 340 g/mol. The largest absolute Gasteiger partial charge is 0.447 e. The number of nitrogens with one attached hydrogen (secondary N) is 1. The van der Waals surface area contributed by atoms with Crippen molar-refractivity contribution >= 4 is 13.8 Å². The Balaban J connectivity index is 2.26. The maximum atomic E-state index is 12.5. The molecule has 2 aliphatic heterocycles. The minimum Gasteiger partial charge on any atom is -0.447 e. The van der Waals surface area contributed by atoms with E-state index in [9.17, 15) is 24.7 Å². The molecule has 5 atom stereocenters. The molecule has 0 spiro atoms. The number of rotatable bonds is 6. The van der Waals surface area contributed by atoms with Crippen LogP contribution in [0.3, 0.4) is 0 Å². The molecule has 2 saturated heterocycles. The summed E-state index contributed by atoms with van der Waals surface area (Å²) in [5.41, 5.74) is 0. The van der Waals surface area contributed by atoms with E-state index in [1.165, 1.54) is 0 Å². The fraction of sp³-hybridized carbons (Fsp3) is 0.909. The van der Waals surface area contributed by atoms with E-state index in [1.54, 1.807) is 13.8 Å². The minimum absolute atomic E-state index is 0.0755. The zero-order chi connectivity index (χ0) is 16.5. The lowest BCUT2D eigenvalue weighted by molar-refractivity contribution is -0.145. The molecule has 2 aliphatic rings. The van der Waals surface area contributed by atoms with Crippen LogP contribution in [-0.4, -0.2) is 76.7 Å². The second-order valence-electron chi connectivity index (χ2n) is 4.93. The van der Waals surface area contributed by atoms with Gasteiger partial charge in [-0.3, -0.25) is 13.9 Å². The zero-order valence-corrected chi connectivity index (χ0v) is 13.2. The molecule has 0 radical (unpaired) electrons. The summed E-state index contributed by atoms with van der Waals surface area (Å²) < 4.78 is 27.5. The van der Waals surface area contributed by atoms with Crippen molar-refractivity contribution in [1.82, 2.24) is 9.99 Å². The van der Waals surface area contributed by atoms with Gasteiger partial charge in [-0.25, -0.2) is 9.36 Å². The van der Waals surface area contributed by atoms with Crippen LogP contribution >= 0.6 is 7.75 Å². The monoisotopic (exact) mass is 340 g/mol. The van der Waals surface area contributed by atoms with Gasteiger partial charge in [0.2, 0.25) is 0 Å². The van der Waals surface area contributed by atoms with Crippen molar-refractivity contribution in [2.45, 2.75) is 44.4 Å². The number of fused-ring (bicyclic) bond motifs is 1. The van der Waals surface area contributed by atoms with Gasteiger partial charge in [0.15, 0.2) is 0 Å². The molecule has 2 rings (SSSR count). The number of carbonyl (C=O) groups excluding carboxylic acids is 1. The molecule has 11 heteroatoms. The summed E-state index contributed by atoms with van der Waals surface area (Å²) >= 11 is 0. The number of cyclic esters (lactones) is 1. The first-order valence-electron chi connectivity index (χ1n) is 7.00. The van der Waals surface area contributed by atoms with Crippen molar-refractivity contribution in [3.05, 3.63) is 0 Å². The molecule has 0 saturated carbocycles. The van der Waals surface area contributed by atoms with E-state index in [0.717, 1.165) is 4.90 Å². The third-order valence-electron chi connectivity index (χ3n) is 3.55. The van der Waals surface area contributed by atoms with Crippen LogP contribution in [0.15, 0.2) is 0 Å². The van der Waals surface area contributed by atoms with Crippen LogP contribution < -0.4 is 5.09 Å². The Hall–Kier alpha value is -0.740. The molecular weight excluding hydrogens is 319 g/mol. The van der Waals surface area contributed by atoms with E-state index in [2.05, 4.69) is 5.09 Å². The van der Waals surface area contributed by atoms with Crippen molar-refractivity contribution < 1.29 is 38.5 Å². The Bertz CT molecular complexity index is 453. The predicted molar refractivity (Wildman–Crippen MR) is 72.8 cm³/mol. The highest BCUT2D eigenvalue weighted by molar-refractivity contribution is 7.51. The first-order valence-corrected chi connectivity index (χ1v) is 8.55. The molecule has 2 heterocycles.